The summed E-state index contributed by atoms with van der Waals surface area (Å²) in [7, 11) is 0. The van der Waals surface area contributed by atoms with Crippen molar-refractivity contribution in [2.45, 2.75) is 38.5 Å². The lowest BCUT2D eigenvalue weighted by Crippen LogP contribution is -2.46. The number of rotatable bonds is 3. The Labute approximate surface area is 195 Å². The molecule has 5 rings (SSSR count). The third kappa shape index (κ3) is 4.50. The number of imidazole rings is 1. The van der Waals surface area contributed by atoms with Crippen LogP contribution in [-0.4, -0.2) is 51.0 Å². The molecule has 0 atom stereocenters. The number of carbonyl (C=O) groups excluding carboxylic acids is 1. The van der Waals surface area contributed by atoms with Crippen molar-refractivity contribution in [3.8, 4) is 5.69 Å². The Balaban J connectivity index is 1.29. The number of benzene rings is 1. The minimum Gasteiger partial charge on any atom is -0.356 e. The van der Waals surface area contributed by atoms with E-state index in [2.05, 4.69) is 25.1 Å². The zero-order valence-corrected chi connectivity index (χ0v) is 18.7. The van der Waals surface area contributed by atoms with E-state index in [9.17, 15) is 18.0 Å². The molecule has 10 heteroatoms. The van der Waals surface area contributed by atoms with Gasteiger partial charge in [-0.3, -0.25) is 9.69 Å². The lowest BCUT2D eigenvalue weighted by molar-refractivity contribution is -0.140. The Bertz CT molecular complexity index is 1200. The topological polar surface area (TPSA) is 66.3 Å². The largest absolute Gasteiger partial charge is 0.434 e. The maximum atomic E-state index is 13.0. The number of piperidine rings is 1. The van der Waals surface area contributed by atoms with Gasteiger partial charge < -0.3 is 14.8 Å². The average molecular weight is 470 g/mol. The highest BCUT2D eigenvalue weighted by atomic mass is 19.4. The van der Waals surface area contributed by atoms with Crippen molar-refractivity contribution in [2.24, 2.45) is 0 Å². The van der Waals surface area contributed by atoms with Gasteiger partial charge in [-0.05, 0) is 37.0 Å². The number of aryl methyl sites for hydroxylation is 1. The summed E-state index contributed by atoms with van der Waals surface area (Å²) in [5.74, 6) is 0.719. The van der Waals surface area contributed by atoms with Gasteiger partial charge in [-0.2, -0.15) is 13.2 Å². The standard InChI is InChI=1S/C24H25F3N6O/c1-16-11-28-22(10-20(16)33-13-21(29-15-33)24(25,26)27)31-8-6-18(7-9-31)32-12-17-4-2-3-5-19(17)30-23(34)14-32/h2-5,10-11,13,15,18H,6-9,12,14H2,1H3,(H,30,34). The molecule has 4 heterocycles. The monoisotopic (exact) mass is 470 g/mol. The predicted octanol–water partition coefficient (Wildman–Crippen LogP) is 4.02. The first-order valence-electron chi connectivity index (χ1n) is 11.2. The van der Waals surface area contributed by atoms with E-state index >= 15 is 0 Å². The van der Waals surface area contributed by atoms with Gasteiger partial charge in [0.1, 0.15) is 5.82 Å². The van der Waals surface area contributed by atoms with Crippen LogP contribution >= 0.6 is 0 Å². The number of alkyl halides is 3. The van der Waals surface area contributed by atoms with Crippen LogP contribution in [0.1, 0.15) is 29.7 Å². The van der Waals surface area contributed by atoms with E-state index in [1.807, 2.05) is 37.3 Å². The van der Waals surface area contributed by atoms with Crippen LogP contribution in [0.4, 0.5) is 24.7 Å². The number of amides is 1. The molecule has 1 amide bonds. The van der Waals surface area contributed by atoms with E-state index in [1.165, 1.54) is 10.9 Å². The summed E-state index contributed by atoms with van der Waals surface area (Å²) in [5.41, 5.74) is 2.44. The lowest BCUT2D eigenvalue weighted by Gasteiger charge is -2.38. The van der Waals surface area contributed by atoms with Gasteiger partial charge in [-0.15, -0.1) is 0 Å². The second kappa shape index (κ2) is 8.75. The molecule has 0 saturated carbocycles. The number of halogens is 3. The van der Waals surface area contributed by atoms with Gasteiger partial charge in [0.15, 0.2) is 5.69 Å². The summed E-state index contributed by atoms with van der Waals surface area (Å²) in [5, 5.41) is 2.99. The maximum absolute atomic E-state index is 13.0. The number of hydrogen-bond donors (Lipinski definition) is 1. The fraction of sp³-hybridized carbons (Fsp3) is 0.375. The number of para-hydroxylation sites is 1. The predicted molar refractivity (Wildman–Crippen MR) is 122 cm³/mol. The van der Waals surface area contributed by atoms with Crippen LogP contribution in [0.15, 0.2) is 49.1 Å². The van der Waals surface area contributed by atoms with Gasteiger partial charge in [0, 0.05) is 49.8 Å². The van der Waals surface area contributed by atoms with Crippen molar-refractivity contribution >= 4 is 17.4 Å². The summed E-state index contributed by atoms with van der Waals surface area (Å²) < 4.78 is 40.3. The zero-order chi connectivity index (χ0) is 23.9. The van der Waals surface area contributed by atoms with Crippen molar-refractivity contribution in [1.82, 2.24) is 19.4 Å². The number of carbonyl (C=O) groups is 1. The minimum atomic E-state index is -4.48. The summed E-state index contributed by atoms with van der Waals surface area (Å²) in [4.78, 5) is 24.8. The van der Waals surface area contributed by atoms with Gasteiger partial charge in [0.05, 0.1) is 18.6 Å². The van der Waals surface area contributed by atoms with Crippen molar-refractivity contribution in [2.75, 3.05) is 29.9 Å². The highest BCUT2D eigenvalue weighted by Crippen LogP contribution is 2.30. The highest BCUT2D eigenvalue weighted by molar-refractivity contribution is 5.93. The van der Waals surface area contributed by atoms with Crippen LogP contribution < -0.4 is 10.2 Å². The number of anilines is 2. The molecule has 34 heavy (non-hydrogen) atoms. The molecular formula is C24H25F3N6O. The van der Waals surface area contributed by atoms with E-state index in [-0.39, 0.29) is 11.9 Å². The minimum absolute atomic E-state index is 0.00391. The lowest BCUT2D eigenvalue weighted by atomic mass is 10.0. The molecule has 0 spiro atoms. The molecule has 1 saturated heterocycles. The van der Waals surface area contributed by atoms with E-state index < -0.39 is 11.9 Å². The normalized spacial score (nSPS) is 17.9. The van der Waals surface area contributed by atoms with E-state index in [0.717, 1.165) is 54.8 Å². The third-order valence-electron chi connectivity index (χ3n) is 6.53. The maximum Gasteiger partial charge on any atom is 0.434 e. The molecule has 2 aliphatic rings. The first kappa shape index (κ1) is 22.4. The number of aromatic nitrogens is 3. The molecule has 0 unspecified atom stereocenters. The zero-order valence-electron chi connectivity index (χ0n) is 18.7. The third-order valence-corrected chi connectivity index (χ3v) is 6.53. The van der Waals surface area contributed by atoms with Crippen molar-refractivity contribution in [3.05, 3.63) is 65.9 Å². The van der Waals surface area contributed by atoms with Gasteiger partial charge in [-0.25, -0.2) is 9.97 Å². The quantitative estimate of drug-likeness (QED) is 0.627. The summed E-state index contributed by atoms with van der Waals surface area (Å²) in [6.07, 6.45) is 1.11. The number of hydrogen-bond acceptors (Lipinski definition) is 5. The summed E-state index contributed by atoms with van der Waals surface area (Å²) in [6, 6.07) is 9.95. The van der Waals surface area contributed by atoms with E-state index in [0.29, 0.717) is 18.8 Å². The molecule has 0 aliphatic carbocycles. The van der Waals surface area contributed by atoms with Gasteiger partial charge in [0.25, 0.3) is 0 Å². The van der Waals surface area contributed by atoms with Crippen LogP contribution in [-0.2, 0) is 17.5 Å². The number of fused-ring (bicyclic) bond motifs is 1. The smallest absolute Gasteiger partial charge is 0.356 e. The Morgan fingerprint density at radius 2 is 1.85 bits per heavy atom. The second-order valence-corrected chi connectivity index (χ2v) is 8.82. The van der Waals surface area contributed by atoms with Gasteiger partial charge in [-0.1, -0.05) is 18.2 Å². The van der Waals surface area contributed by atoms with Gasteiger partial charge in [0.2, 0.25) is 5.91 Å². The van der Waals surface area contributed by atoms with Gasteiger partial charge >= 0.3 is 6.18 Å². The molecule has 0 radical (unpaired) electrons. The van der Waals surface area contributed by atoms with Crippen LogP contribution in [0.2, 0.25) is 0 Å². The SMILES string of the molecule is Cc1cnc(N2CCC(N3CC(=O)Nc4ccccc4C3)CC2)cc1-n1cnc(C(F)(F)F)c1. The number of nitrogens with one attached hydrogen (secondary N) is 1. The molecule has 178 valence electrons. The number of nitrogens with zero attached hydrogens (tertiary/aromatic N) is 5. The Kier molecular flexibility index (Phi) is 5.76. The average Bonchev–Trinajstić information content (AvgIpc) is 3.24. The number of pyridine rings is 1. The Morgan fingerprint density at radius 3 is 2.59 bits per heavy atom. The fourth-order valence-corrected chi connectivity index (χ4v) is 4.70. The Morgan fingerprint density at radius 1 is 1.09 bits per heavy atom. The molecule has 3 aromatic rings. The molecule has 2 aromatic heterocycles. The molecule has 2 aliphatic heterocycles. The van der Waals surface area contributed by atoms with E-state index in [1.54, 1.807) is 6.20 Å². The molecular weight excluding hydrogens is 445 g/mol. The molecule has 7 nitrogen and oxygen atoms in total. The van der Waals surface area contributed by atoms with Crippen molar-refractivity contribution in [3.63, 3.8) is 0 Å². The van der Waals surface area contributed by atoms with Crippen LogP contribution in [0, 0.1) is 6.92 Å². The van der Waals surface area contributed by atoms with Crippen LogP contribution in [0.25, 0.3) is 5.69 Å². The van der Waals surface area contributed by atoms with Crippen LogP contribution in [0.5, 0.6) is 0 Å². The summed E-state index contributed by atoms with van der Waals surface area (Å²) in [6.45, 7) is 4.38. The molecule has 1 aromatic carbocycles. The molecule has 1 fully saturated rings. The fourth-order valence-electron chi connectivity index (χ4n) is 4.70. The first-order valence-corrected chi connectivity index (χ1v) is 11.2. The molecule has 1 N–H and O–H groups in total. The van der Waals surface area contributed by atoms with Crippen molar-refractivity contribution in [1.29, 1.82) is 0 Å². The molecule has 0 bridgehead atoms. The van der Waals surface area contributed by atoms with Crippen LogP contribution in [0.3, 0.4) is 0 Å². The van der Waals surface area contributed by atoms with Crippen molar-refractivity contribution < 1.29 is 18.0 Å². The first-order chi connectivity index (χ1) is 16.3. The summed E-state index contributed by atoms with van der Waals surface area (Å²) >= 11 is 0. The second-order valence-electron chi connectivity index (χ2n) is 8.82. The van der Waals surface area contributed by atoms with E-state index in [4.69, 9.17) is 0 Å². The Hall–Kier alpha value is -3.40. The highest BCUT2D eigenvalue weighted by Gasteiger charge is 2.34.